The van der Waals surface area contributed by atoms with Crippen molar-refractivity contribution in [2.45, 2.75) is 50.6 Å². The summed E-state index contributed by atoms with van der Waals surface area (Å²) < 4.78 is 4.85. The second-order valence-corrected chi connectivity index (χ2v) is 5.37. The number of piperidine rings is 1. The number of esters is 1. The Morgan fingerprint density at radius 3 is 2.59 bits per heavy atom. The van der Waals surface area contributed by atoms with Crippen LogP contribution in [-0.2, 0) is 9.53 Å². The fraction of sp³-hybridized carbons (Fsp3) is 0.923. The number of methoxy groups -OCH3 is 1. The van der Waals surface area contributed by atoms with Crippen LogP contribution < -0.4 is 5.73 Å². The topological polar surface area (TPSA) is 55.6 Å². The highest BCUT2D eigenvalue weighted by atomic mass is 16.5. The summed E-state index contributed by atoms with van der Waals surface area (Å²) in [4.78, 5) is 14.1. The minimum absolute atomic E-state index is 0.0257. The molecule has 1 heterocycles. The molecule has 2 atom stereocenters. The van der Waals surface area contributed by atoms with Gasteiger partial charge in [0.2, 0.25) is 0 Å². The van der Waals surface area contributed by atoms with Gasteiger partial charge >= 0.3 is 5.97 Å². The second-order valence-electron chi connectivity index (χ2n) is 5.37. The molecule has 4 heteroatoms. The molecular formula is C13H24N2O2. The smallest absolute Gasteiger partial charge is 0.311 e. The summed E-state index contributed by atoms with van der Waals surface area (Å²) in [6.45, 7) is 1.83. The van der Waals surface area contributed by atoms with E-state index in [1.807, 2.05) is 0 Å². The fourth-order valence-electron chi connectivity index (χ4n) is 3.17. The Bertz CT molecular complexity index is 264. The first-order valence-electron chi connectivity index (χ1n) is 6.80. The van der Waals surface area contributed by atoms with Gasteiger partial charge in [-0.1, -0.05) is 19.3 Å². The van der Waals surface area contributed by atoms with E-state index < -0.39 is 0 Å². The summed E-state index contributed by atoms with van der Waals surface area (Å²) in [7, 11) is 1.45. The van der Waals surface area contributed by atoms with Gasteiger partial charge in [0.1, 0.15) is 0 Å². The van der Waals surface area contributed by atoms with Crippen LogP contribution in [0.1, 0.15) is 38.5 Å². The molecule has 0 radical (unpaired) electrons. The van der Waals surface area contributed by atoms with Crippen molar-refractivity contribution in [1.29, 1.82) is 0 Å². The summed E-state index contributed by atoms with van der Waals surface area (Å²) >= 11 is 0. The van der Waals surface area contributed by atoms with Gasteiger partial charge in [-0.05, 0) is 25.8 Å². The van der Waals surface area contributed by atoms with E-state index in [4.69, 9.17) is 10.5 Å². The summed E-state index contributed by atoms with van der Waals surface area (Å²) in [5, 5.41) is 0. The molecule has 0 aromatic heterocycles. The van der Waals surface area contributed by atoms with Crippen molar-refractivity contribution in [2.24, 2.45) is 11.7 Å². The average molecular weight is 240 g/mol. The molecular weight excluding hydrogens is 216 g/mol. The Labute approximate surface area is 103 Å². The minimum Gasteiger partial charge on any atom is -0.469 e. The Hall–Kier alpha value is -0.610. The molecule has 98 valence electrons. The van der Waals surface area contributed by atoms with Crippen molar-refractivity contribution in [3.8, 4) is 0 Å². The van der Waals surface area contributed by atoms with Crippen molar-refractivity contribution in [2.75, 3.05) is 20.2 Å². The van der Waals surface area contributed by atoms with Gasteiger partial charge in [-0.2, -0.15) is 0 Å². The fourth-order valence-corrected chi connectivity index (χ4v) is 3.17. The van der Waals surface area contributed by atoms with Crippen LogP contribution in [0.25, 0.3) is 0 Å². The highest BCUT2D eigenvalue weighted by molar-refractivity contribution is 5.73. The predicted octanol–water partition coefficient (Wildman–Crippen LogP) is 1.14. The van der Waals surface area contributed by atoms with Crippen LogP contribution in [0.15, 0.2) is 0 Å². The molecule has 2 fully saturated rings. The van der Waals surface area contributed by atoms with Gasteiger partial charge in [0.25, 0.3) is 0 Å². The Balaban J connectivity index is 1.94. The maximum absolute atomic E-state index is 11.7. The van der Waals surface area contributed by atoms with E-state index in [-0.39, 0.29) is 17.9 Å². The van der Waals surface area contributed by atoms with E-state index in [2.05, 4.69) is 4.90 Å². The van der Waals surface area contributed by atoms with Crippen molar-refractivity contribution in [3.63, 3.8) is 0 Å². The summed E-state index contributed by atoms with van der Waals surface area (Å²) in [6, 6.07) is 0.644. The number of nitrogens with zero attached hydrogens (tertiary/aromatic N) is 1. The van der Waals surface area contributed by atoms with E-state index in [9.17, 15) is 4.79 Å². The standard InChI is InChI=1S/C13H24N2O2/c1-17-13(16)11-9-15(8-7-12(11)14)10-5-3-2-4-6-10/h10-12H,2-9,14H2,1H3/t11-,12-/m1/s1. The molecule has 4 nitrogen and oxygen atoms in total. The van der Waals surface area contributed by atoms with Crippen LogP contribution in [0.4, 0.5) is 0 Å². The highest BCUT2D eigenvalue weighted by Gasteiger charge is 2.35. The highest BCUT2D eigenvalue weighted by Crippen LogP contribution is 2.27. The Morgan fingerprint density at radius 1 is 1.24 bits per heavy atom. The maximum atomic E-state index is 11.7. The normalized spacial score (nSPS) is 32.4. The zero-order chi connectivity index (χ0) is 12.3. The third-order valence-electron chi connectivity index (χ3n) is 4.29. The molecule has 2 N–H and O–H groups in total. The molecule has 0 spiro atoms. The molecule has 0 unspecified atom stereocenters. The average Bonchev–Trinajstić information content (AvgIpc) is 2.39. The van der Waals surface area contributed by atoms with Gasteiger partial charge in [-0.3, -0.25) is 9.69 Å². The van der Waals surface area contributed by atoms with Crippen LogP contribution in [0.3, 0.4) is 0 Å². The maximum Gasteiger partial charge on any atom is 0.311 e. The van der Waals surface area contributed by atoms with Crippen molar-refractivity contribution >= 4 is 5.97 Å². The Morgan fingerprint density at radius 2 is 1.94 bits per heavy atom. The zero-order valence-electron chi connectivity index (χ0n) is 10.7. The largest absolute Gasteiger partial charge is 0.469 e. The predicted molar refractivity (Wildman–Crippen MR) is 66.5 cm³/mol. The van der Waals surface area contributed by atoms with Crippen LogP contribution in [0, 0.1) is 5.92 Å². The monoisotopic (exact) mass is 240 g/mol. The number of carbonyl (C=O) groups excluding carboxylic acids is 1. The molecule has 0 aromatic rings. The molecule has 1 aliphatic heterocycles. The van der Waals surface area contributed by atoms with E-state index in [1.54, 1.807) is 0 Å². The number of hydrogen-bond acceptors (Lipinski definition) is 4. The zero-order valence-corrected chi connectivity index (χ0v) is 10.7. The lowest BCUT2D eigenvalue weighted by atomic mass is 9.88. The quantitative estimate of drug-likeness (QED) is 0.735. The number of likely N-dealkylation sites (tertiary alicyclic amines) is 1. The summed E-state index contributed by atoms with van der Waals surface area (Å²) in [5.74, 6) is -0.270. The first kappa shape index (κ1) is 12.8. The van der Waals surface area contributed by atoms with E-state index in [0.29, 0.717) is 6.04 Å². The van der Waals surface area contributed by atoms with E-state index >= 15 is 0 Å². The van der Waals surface area contributed by atoms with Gasteiger partial charge < -0.3 is 10.5 Å². The lowest BCUT2D eigenvalue weighted by Crippen LogP contribution is -2.53. The molecule has 1 saturated heterocycles. The third kappa shape index (κ3) is 2.99. The first-order valence-corrected chi connectivity index (χ1v) is 6.80. The van der Waals surface area contributed by atoms with Gasteiger partial charge in [0, 0.05) is 18.6 Å². The van der Waals surface area contributed by atoms with Crippen molar-refractivity contribution in [3.05, 3.63) is 0 Å². The minimum atomic E-state index is -0.141. The molecule has 1 aliphatic carbocycles. The van der Waals surface area contributed by atoms with Crippen LogP contribution in [-0.4, -0.2) is 43.2 Å². The van der Waals surface area contributed by atoms with Crippen LogP contribution in [0.2, 0.25) is 0 Å². The SMILES string of the molecule is COC(=O)[C@@H]1CN(C2CCCCC2)CC[C@H]1N. The molecule has 17 heavy (non-hydrogen) atoms. The lowest BCUT2D eigenvalue weighted by Gasteiger charge is -2.41. The molecule has 2 aliphatic rings. The number of nitrogens with two attached hydrogens (primary N) is 1. The molecule has 0 amide bonds. The van der Waals surface area contributed by atoms with Gasteiger partial charge in [-0.15, -0.1) is 0 Å². The third-order valence-corrected chi connectivity index (χ3v) is 4.29. The first-order chi connectivity index (χ1) is 8.22. The number of hydrogen-bond donors (Lipinski definition) is 1. The summed E-state index contributed by atoms with van der Waals surface area (Å²) in [5.41, 5.74) is 6.02. The second kappa shape index (κ2) is 5.83. The number of rotatable bonds is 2. The number of ether oxygens (including phenoxy) is 1. The van der Waals surface area contributed by atoms with Gasteiger partial charge in [0.15, 0.2) is 0 Å². The van der Waals surface area contributed by atoms with Crippen molar-refractivity contribution in [1.82, 2.24) is 4.90 Å². The van der Waals surface area contributed by atoms with Crippen molar-refractivity contribution < 1.29 is 9.53 Å². The van der Waals surface area contributed by atoms with Gasteiger partial charge in [-0.25, -0.2) is 0 Å². The van der Waals surface area contributed by atoms with Crippen LogP contribution in [0.5, 0.6) is 0 Å². The molecule has 0 bridgehead atoms. The number of carbonyl (C=O) groups is 1. The van der Waals surface area contributed by atoms with E-state index in [1.165, 1.54) is 39.2 Å². The molecule has 0 aromatic carbocycles. The Kier molecular flexibility index (Phi) is 4.40. The lowest BCUT2D eigenvalue weighted by molar-refractivity contribution is -0.148. The van der Waals surface area contributed by atoms with Gasteiger partial charge in [0.05, 0.1) is 13.0 Å². The molecule has 1 saturated carbocycles. The summed E-state index contributed by atoms with van der Waals surface area (Å²) in [6.07, 6.45) is 7.50. The van der Waals surface area contributed by atoms with Crippen LogP contribution >= 0.6 is 0 Å². The van der Waals surface area contributed by atoms with E-state index in [0.717, 1.165) is 19.5 Å². The molecule has 2 rings (SSSR count).